The Morgan fingerprint density at radius 3 is 2.59 bits per heavy atom. The summed E-state index contributed by atoms with van der Waals surface area (Å²) in [5.41, 5.74) is 1.91. The molecule has 0 saturated carbocycles. The van der Waals surface area contributed by atoms with Gasteiger partial charge in [0.05, 0.1) is 0 Å². The summed E-state index contributed by atoms with van der Waals surface area (Å²) in [4.78, 5) is 11.9. The molecule has 1 aliphatic heterocycles. The van der Waals surface area contributed by atoms with Gasteiger partial charge in [0.2, 0.25) is 0 Å². The van der Waals surface area contributed by atoms with Crippen molar-refractivity contribution in [3.8, 4) is 0 Å². The predicted octanol–water partition coefficient (Wildman–Crippen LogP) is 2.15. The molecular formula is C14H19NO2. The highest BCUT2D eigenvalue weighted by molar-refractivity contribution is 5.94. The predicted molar refractivity (Wildman–Crippen MR) is 67.1 cm³/mol. The minimum Gasteiger partial charge on any atom is -0.381 e. The number of benzene rings is 1. The molecule has 2 rings (SSSR count). The number of aryl methyl sites for hydroxylation is 1. The summed E-state index contributed by atoms with van der Waals surface area (Å²) in [6, 6.07) is 7.66. The third-order valence-corrected chi connectivity index (χ3v) is 3.21. The minimum absolute atomic E-state index is 0.0245. The number of hydrogen-bond donors (Lipinski definition) is 1. The van der Waals surface area contributed by atoms with Crippen molar-refractivity contribution < 1.29 is 9.53 Å². The SMILES string of the molecule is Cc1ccc(C(=O)NCC2CCOCC2)cc1. The quantitative estimate of drug-likeness (QED) is 0.868. The van der Waals surface area contributed by atoms with Crippen molar-refractivity contribution in [2.24, 2.45) is 5.92 Å². The van der Waals surface area contributed by atoms with E-state index in [1.165, 1.54) is 5.56 Å². The van der Waals surface area contributed by atoms with Crippen LogP contribution in [-0.2, 0) is 4.74 Å². The third-order valence-electron chi connectivity index (χ3n) is 3.21. The molecule has 0 aliphatic carbocycles. The third kappa shape index (κ3) is 3.56. The number of amides is 1. The first-order chi connectivity index (χ1) is 8.25. The van der Waals surface area contributed by atoms with Gasteiger partial charge in [-0.05, 0) is 37.8 Å². The molecule has 3 nitrogen and oxygen atoms in total. The van der Waals surface area contributed by atoms with Gasteiger partial charge in [0, 0.05) is 25.3 Å². The van der Waals surface area contributed by atoms with Crippen molar-refractivity contribution in [3.63, 3.8) is 0 Å². The average molecular weight is 233 g/mol. The molecule has 0 bridgehead atoms. The molecular weight excluding hydrogens is 214 g/mol. The van der Waals surface area contributed by atoms with Crippen molar-refractivity contribution >= 4 is 5.91 Å². The van der Waals surface area contributed by atoms with Crippen LogP contribution in [0.4, 0.5) is 0 Å². The first-order valence-corrected chi connectivity index (χ1v) is 6.18. The highest BCUT2D eigenvalue weighted by Gasteiger charge is 2.14. The van der Waals surface area contributed by atoms with Gasteiger partial charge in [-0.3, -0.25) is 4.79 Å². The normalized spacial score (nSPS) is 16.8. The van der Waals surface area contributed by atoms with Crippen molar-refractivity contribution in [1.82, 2.24) is 5.32 Å². The van der Waals surface area contributed by atoms with E-state index in [-0.39, 0.29) is 5.91 Å². The van der Waals surface area contributed by atoms with E-state index in [1.807, 2.05) is 31.2 Å². The Balaban J connectivity index is 1.82. The van der Waals surface area contributed by atoms with Crippen molar-refractivity contribution in [3.05, 3.63) is 35.4 Å². The van der Waals surface area contributed by atoms with Gasteiger partial charge in [0.25, 0.3) is 5.91 Å². The standard InChI is InChI=1S/C14H19NO2/c1-11-2-4-13(5-3-11)14(16)15-10-12-6-8-17-9-7-12/h2-5,12H,6-10H2,1H3,(H,15,16). The van der Waals surface area contributed by atoms with Gasteiger partial charge >= 0.3 is 0 Å². The van der Waals surface area contributed by atoms with Crippen LogP contribution in [0.5, 0.6) is 0 Å². The smallest absolute Gasteiger partial charge is 0.251 e. The largest absolute Gasteiger partial charge is 0.381 e. The maximum absolute atomic E-state index is 11.9. The molecule has 1 aromatic carbocycles. The fraction of sp³-hybridized carbons (Fsp3) is 0.500. The van der Waals surface area contributed by atoms with Gasteiger partial charge in [-0.15, -0.1) is 0 Å². The first-order valence-electron chi connectivity index (χ1n) is 6.18. The van der Waals surface area contributed by atoms with E-state index in [0.717, 1.165) is 38.2 Å². The summed E-state index contributed by atoms with van der Waals surface area (Å²) in [5.74, 6) is 0.592. The molecule has 0 radical (unpaired) electrons. The number of hydrogen-bond acceptors (Lipinski definition) is 2. The van der Waals surface area contributed by atoms with Gasteiger partial charge < -0.3 is 10.1 Å². The van der Waals surface area contributed by atoms with Crippen LogP contribution >= 0.6 is 0 Å². The Morgan fingerprint density at radius 2 is 1.94 bits per heavy atom. The van der Waals surface area contributed by atoms with Crippen molar-refractivity contribution in [1.29, 1.82) is 0 Å². The van der Waals surface area contributed by atoms with E-state index in [0.29, 0.717) is 5.92 Å². The Labute approximate surface area is 102 Å². The molecule has 0 unspecified atom stereocenters. The summed E-state index contributed by atoms with van der Waals surface area (Å²) in [5, 5.41) is 2.99. The summed E-state index contributed by atoms with van der Waals surface area (Å²) in [6.45, 7) is 4.43. The van der Waals surface area contributed by atoms with Crippen LogP contribution < -0.4 is 5.32 Å². The molecule has 1 N–H and O–H groups in total. The molecule has 1 fully saturated rings. The molecule has 1 amide bonds. The number of ether oxygens (including phenoxy) is 1. The highest BCUT2D eigenvalue weighted by Crippen LogP contribution is 2.13. The zero-order valence-corrected chi connectivity index (χ0v) is 10.2. The van der Waals surface area contributed by atoms with Gasteiger partial charge in [-0.2, -0.15) is 0 Å². The Hall–Kier alpha value is -1.35. The lowest BCUT2D eigenvalue weighted by molar-refractivity contribution is 0.0642. The fourth-order valence-electron chi connectivity index (χ4n) is 1.99. The van der Waals surface area contributed by atoms with Crippen LogP contribution in [0.25, 0.3) is 0 Å². The minimum atomic E-state index is 0.0245. The van der Waals surface area contributed by atoms with E-state index < -0.39 is 0 Å². The molecule has 0 aromatic heterocycles. The number of nitrogens with one attached hydrogen (secondary N) is 1. The zero-order chi connectivity index (χ0) is 12.1. The van der Waals surface area contributed by atoms with Crippen LogP contribution in [0.3, 0.4) is 0 Å². The maximum Gasteiger partial charge on any atom is 0.251 e. The Kier molecular flexibility index (Phi) is 4.15. The lowest BCUT2D eigenvalue weighted by Gasteiger charge is -2.22. The van der Waals surface area contributed by atoms with Crippen LogP contribution in [0.1, 0.15) is 28.8 Å². The van der Waals surface area contributed by atoms with Crippen molar-refractivity contribution in [2.75, 3.05) is 19.8 Å². The Bertz CT molecular complexity index is 366. The van der Waals surface area contributed by atoms with Crippen LogP contribution in [0.15, 0.2) is 24.3 Å². The fourth-order valence-corrected chi connectivity index (χ4v) is 1.99. The first kappa shape index (κ1) is 12.1. The van der Waals surface area contributed by atoms with Crippen LogP contribution in [0.2, 0.25) is 0 Å². The average Bonchev–Trinajstić information content (AvgIpc) is 2.38. The summed E-state index contributed by atoms with van der Waals surface area (Å²) in [7, 11) is 0. The molecule has 92 valence electrons. The van der Waals surface area contributed by atoms with E-state index in [9.17, 15) is 4.79 Å². The van der Waals surface area contributed by atoms with E-state index >= 15 is 0 Å². The van der Waals surface area contributed by atoms with E-state index in [2.05, 4.69) is 5.32 Å². The second-order valence-electron chi connectivity index (χ2n) is 4.63. The monoisotopic (exact) mass is 233 g/mol. The molecule has 0 atom stereocenters. The highest BCUT2D eigenvalue weighted by atomic mass is 16.5. The zero-order valence-electron chi connectivity index (χ0n) is 10.2. The molecule has 0 spiro atoms. The van der Waals surface area contributed by atoms with E-state index in [1.54, 1.807) is 0 Å². The molecule has 1 heterocycles. The topological polar surface area (TPSA) is 38.3 Å². The van der Waals surface area contributed by atoms with E-state index in [4.69, 9.17) is 4.74 Å². The lowest BCUT2D eigenvalue weighted by atomic mass is 10.0. The van der Waals surface area contributed by atoms with Gasteiger partial charge in [0.15, 0.2) is 0 Å². The van der Waals surface area contributed by atoms with Gasteiger partial charge in [0.1, 0.15) is 0 Å². The summed E-state index contributed by atoms with van der Waals surface area (Å²) >= 11 is 0. The molecule has 1 saturated heterocycles. The maximum atomic E-state index is 11.9. The van der Waals surface area contributed by atoms with Crippen molar-refractivity contribution in [2.45, 2.75) is 19.8 Å². The second kappa shape index (κ2) is 5.82. The number of carbonyl (C=O) groups excluding carboxylic acids is 1. The number of carbonyl (C=O) groups is 1. The number of rotatable bonds is 3. The van der Waals surface area contributed by atoms with Gasteiger partial charge in [-0.25, -0.2) is 0 Å². The van der Waals surface area contributed by atoms with Crippen LogP contribution in [-0.4, -0.2) is 25.7 Å². The second-order valence-corrected chi connectivity index (χ2v) is 4.63. The summed E-state index contributed by atoms with van der Waals surface area (Å²) < 4.78 is 5.29. The molecule has 1 aliphatic rings. The molecule has 3 heteroatoms. The van der Waals surface area contributed by atoms with Gasteiger partial charge in [-0.1, -0.05) is 17.7 Å². The lowest BCUT2D eigenvalue weighted by Crippen LogP contribution is -2.32. The summed E-state index contributed by atoms with van der Waals surface area (Å²) in [6.07, 6.45) is 2.10. The molecule has 17 heavy (non-hydrogen) atoms. The molecule has 1 aromatic rings. The Morgan fingerprint density at radius 1 is 1.29 bits per heavy atom. The van der Waals surface area contributed by atoms with Crippen LogP contribution in [0, 0.1) is 12.8 Å².